The van der Waals surface area contributed by atoms with Gasteiger partial charge in [0.05, 0.1) is 6.54 Å². The van der Waals surface area contributed by atoms with Crippen molar-refractivity contribution in [3.8, 4) is 0 Å². The molecule has 0 aliphatic carbocycles. The first-order valence-electron chi connectivity index (χ1n) is 8.46. The predicted molar refractivity (Wildman–Crippen MR) is 90.6 cm³/mol. The maximum atomic E-state index is 11.7. The van der Waals surface area contributed by atoms with Crippen molar-refractivity contribution in [2.75, 3.05) is 32.7 Å². The van der Waals surface area contributed by atoms with Crippen LogP contribution in [0.15, 0.2) is 0 Å². The minimum Gasteiger partial charge on any atom is -0.444 e. The molecule has 0 aromatic carbocycles. The number of nitrogens with zero attached hydrogens (tertiary/aromatic N) is 1. The second-order valence-electron chi connectivity index (χ2n) is 7.01. The number of amides is 4. The summed E-state index contributed by atoms with van der Waals surface area (Å²) >= 11 is 0. The second kappa shape index (κ2) is 9.46. The highest BCUT2D eigenvalue weighted by molar-refractivity contribution is 5.95. The average molecular weight is 342 g/mol. The van der Waals surface area contributed by atoms with Gasteiger partial charge in [0.25, 0.3) is 0 Å². The zero-order chi connectivity index (χ0) is 18.2. The number of imide groups is 1. The molecule has 1 rings (SSSR count). The first-order chi connectivity index (χ1) is 11.2. The minimum absolute atomic E-state index is 0.212. The Morgan fingerprint density at radius 1 is 1.12 bits per heavy atom. The number of piperidine rings is 1. The van der Waals surface area contributed by atoms with E-state index in [9.17, 15) is 14.4 Å². The van der Waals surface area contributed by atoms with E-state index in [1.807, 2.05) is 25.7 Å². The molecule has 4 amide bonds. The summed E-state index contributed by atoms with van der Waals surface area (Å²) in [6.45, 7) is 10.1. The van der Waals surface area contributed by atoms with E-state index in [4.69, 9.17) is 4.74 Å². The molecular formula is C16H30N4O4. The van der Waals surface area contributed by atoms with Crippen molar-refractivity contribution in [1.82, 2.24) is 20.9 Å². The van der Waals surface area contributed by atoms with Crippen LogP contribution < -0.4 is 16.0 Å². The van der Waals surface area contributed by atoms with Gasteiger partial charge in [-0.25, -0.2) is 9.59 Å². The van der Waals surface area contributed by atoms with Gasteiger partial charge in [0.15, 0.2) is 0 Å². The van der Waals surface area contributed by atoms with Crippen LogP contribution in [0.3, 0.4) is 0 Å². The van der Waals surface area contributed by atoms with E-state index in [0.717, 1.165) is 25.9 Å². The van der Waals surface area contributed by atoms with Crippen molar-refractivity contribution < 1.29 is 19.1 Å². The molecule has 0 saturated carbocycles. The molecule has 1 heterocycles. The maximum absolute atomic E-state index is 11.7. The van der Waals surface area contributed by atoms with E-state index in [1.54, 1.807) is 6.92 Å². The lowest BCUT2D eigenvalue weighted by Crippen LogP contribution is -2.47. The van der Waals surface area contributed by atoms with Gasteiger partial charge in [0, 0.05) is 13.1 Å². The van der Waals surface area contributed by atoms with Crippen LogP contribution in [0.5, 0.6) is 0 Å². The predicted octanol–water partition coefficient (Wildman–Crippen LogP) is 1.07. The van der Waals surface area contributed by atoms with E-state index >= 15 is 0 Å². The van der Waals surface area contributed by atoms with E-state index in [2.05, 4.69) is 16.0 Å². The lowest BCUT2D eigenvalue weighted by atomic mass is 9.97. The lowest BCUT2D eigenvalue weighted by Gasteiger charge is -2.31. The molecule has 0 bridgehead atoms. The topological polar surface area (TPSA) is 99.8 Å². The molecule has 0 atom stereocenters. The smallest absolute Gasteiger partial charge is 0.407 e. The number of carbonyl (C=O) groups excluding carboxylic acids is 3. The number of carbonyl (C=O) groups is 3. The van der Waals surface area contributed by atoms with Crippen LogP contribution in [0.25, 0.3) is 0 Å². The van der Waals surface area contributed by atoms with Crippen LogP contribution in [0.1, 0.15) is 40.5 Å². The highest BCUT2D eigenvalue weighted by atomic mass is 16.6. The van der Waals surface area contributed by atoms with Gasteiger partial charge >= 0.3 is 12.1 Å². The van der Waals surface area contributed by atoms with Crippen molar-refractivity contribution in [1.29, 1.82) is 0 Å². The van der Waals surface area contributed by atoms with E-state index in [0.29, 0.717) is 19.0 Å². The number of likely N-dealkylation sites (tertiary alicyclic amines) is 1. The van der Waals surface area contributed by atoms with Crippen LogP contribution in [0.4, 0.5) is 9.59 Å². The Labute approximate surface area is 143 Å². The molecule has 0 unspecified atom stereocenters. The van der Waals surface area contributed by atoms with Gasteiger partial charge in [-0.15, -0.1) is 0 Å². The van der Waals surface area contributed by atoms with Gasteiger partial charge in [-0.1, -0.05) is 0 Å². The van der Waals surface area contributed by atoms with Gasteiger partial charge in [0.2, 0.25) is 5.91 Å². The Morgan fingerprint density at radius 3 is 2.29 bits per heavy atom. The Morgan fingerprint density at radius 2 is 1.75 bits per heavy atom. The summed E-state index contributed by atoms with van der Waals surface area (Å²) < 4.78 is 5.21. The number of alkyl carbamates (subject to hydrolysis) is 1. The van der Waals surface area contributed by atoms with Crippen molar-refractivity contribution in [3.05, 3.63) is 0 Å². The molecule has 24 heavy (non-hydrogen) atoms. The Kier molecular flexibility index (Phi) is 7.97. The zero-order valence-electron chi connectivity index (χ0n) is 15.1. The third-order valence-corrected chi connectivity index (χ3v) is 3.60. The molecule has 8 nitrogen and oxygen atoms in total. The fourth-order valence-corrected chi connectivity index (χ4v) is 2.46. The number of hydrogen-bond acceptors (Lipinski definition) is 5. The van der Waals surface area contributed by atoms with Gasteiger partial charge in [-0.2, -0.15) is 0 Å². The van der Waals surface area contributed by atoms with Crippen molar-refractivity contribution in [3.63, 3.8) is 0 Å². The van der Waals surface area contributed by atoms with Crippen LogP contribution in [0, 0.1) is 5.92 Å². The molecule has 0 spiro atoms. The maximum Gasteiger partial charge on any atom is 0.407 e. The van der Waals surface area contributed by atoms with E-state index in [1.165, 1.54) is 0 Å². The Hall–Kier alpha value is -1.83. The molecule has 1 fully saturated rings. The van der Waals surface area contributed by atoms with Crippen molar-refractivity contribution in [2.24, 2.45) is 5.92 Å². The van der Waals surface area contributed by atoms with Gasteiger partial charge in [-0.3, -0.25) is 15.0 Å². The van der Waals surface area contributed by atoms with Crippen molar-refractivity contribution in [2.45, 2.75) is 46.1 Å². The lowest BCUT2D eigenvalue weighted by molar-refractivity contribution is -0.121. The summed E-state index contributed by atoms with van der Waals surface area (Å²) in [4.78, 5) is 36.7. The molecule has 138 valence electrons. The largest absolute Gasteiger partial charge is 0.444 e. The first-order valence-corrected chi connectivity index (χ1v) is 8.46. The first kappa shape index (κ1) is 20.2. The second-order valence-corrected chi connectivity index (χ2v) is 7.01. The molecular weight excluding hydrogens is 312 g/mol. The van der Waals surface area contributed by atoms with Crippen molar-refractivity contribution >= 4 is 18.0 Å². The molecule has 3 N–H and O–H groups in total. The number of ether oxygens (including phenoxy) is 1. The zero-order valence-corrected chi connectivity index (χ0v) is 15.1. The van der Waals surface area contributed by atoms with Gasteiger partial charge in [0.1, 0.15) is 5.60 Å². The molecule has 8 heteroatoms. The summed E-state index contributed by atoms with van der Waals surface area (Å²) in [5, 5.41) is 7.61. The standard InChI is InChI=1S/C16H30N4O4/c1-5-17-14(22)19-13(21)11-20-8-6-12(7-9-20)10-18-15(23)24-16(2,3)4/h12H,5-11H2,1-4H3,(H,18,23)(H2,17,19,21,22). The van der Waals surface area contributed by atoms with Crippen LogP contribution >= 0.6 is 0 Å². The Bertz CT molecular complexity index is 440. The molecule has 1 aliphatic heterocycles. The quantitative estimate of drug-likeness (QED) is 0.694. The number of nitrogens with one attached hydrogen (secondary N) is 3. The highest BCUT2D eigenvalue weighted by Crippen LogP contribution is 2.16. The SMILES string of the molecule is CCNC(=O)NC(=O)CN1CCC(CNC(=O)OC(C)(C)C)CC1. The van der Waals surface area contributed by atoms with E-state index in [-0.39, 0.29) is 12.5 Å². The van der Waals surface area contributed by atoms with Gasteiger partial charge < -0.3 is 15.4 Å². The number of rotatable bonds is 5. The van der Waals surface area contributed by atoms with E-state index < -0.39 is 17.7 Å². The third kappa shape index (κ3) is 8.71. The van der Waals surface area contributed by atoms with Gasteiger partial charge in [-0.05, 0) is 59.5 Å². The molecule has 1 aliphatic rings. The third-order valence-electron chi connectivity index (χ3n) is 3.60. The number of hydrogen-bond donors (Lipinski definition) is 3. The minimum atomic E-state index is -0.495. The monoisotopic (exact) mass is 342 g/mol. The normalized spacial score (nSPS) is 16.3. The fraction of sp³-hybridized carbons (Fsp3) is 0.812. The Balaban J connectivity index is 2.21. The summed E-state index contributed by atoms with van der Waals surface area (Å²) in [7, 11) is 0. The molecule has 0 aromatic rings. The molecule has 1 saturated heterocycles. The average Bonchev–Trinajstić information content (AvgIpc) is 2.44. The molecule has 0 radical (unpaired) electrons. The van der Waals surface area contributed by atoms with Crippen LogP contribution in [-0.4, -0.2) is 61.3 Å². The molecule has 0 aromatic heterocycles. The number of urea groups is 1. The summed E-state index contributed by atoms with van der Waals surface area (Å²) in [6.07, 6.45) is 1.39. The summed E-state index contributed by atoms with van der Waals surface area (Å²) in [5.41, 5.74) is -0.495. The van der Waals surface area contributed by atoms with Crippen LogP contribution in [-0.2, 0) is 9.53 Å². The summed E-state index contributed by atoms with van der Waals surface area (Å²) in [5.74, 6) is 0.0755. The summed E-state index contributed by atoms with van der Waals surface area (Å²) in [6, 6.07) is -0.459. The fourth-order valence-electron chi connectivity index (χ4n) is 2.46. The van der Waals surface area contributed by atoms with Crippen LogP contribution in [0.2, 0.25) is 0 Å². The highest BCUT2D eigenvalue weighted by Gasteiger charge is 2.23.